The van der Waals surface area contributed by atoms with Gasteiger partial charge in [0.05, 0.1) is 12.2 Å². The molecule has 1 amide bonds. The molecular weight excluding hydrogens is 312 g/mol. The van der Waals surface area contributed by atoms with Crippen molar-refractivity contribution in [2.24, 2.45) is 0 Å². The van der Waals surface area contributed by atoms with Gasteiger partial charge < -0.3 is 10.1 Å². The van der Waals surface area contributed by atoms with Crippen molar-refractivity contribution in [1.29, 1.82) is 0 Å². The smallest absolute Gasteiger partial charge is 0.255 e. The van der Waals surface area contributed by atoms with E-state index in [1.807, 2.05) is 43.3 Å². The maximum Gasteiger partial charge on any atom is 0.255 e. The molecule has 0 unspecified atom stereocenters. The van der Waals surface area contributed by atoms with Crippen molar-refractivity contribution in [2.75, 3.05) is 19.7 Å². The molecule has 0 atom stereocenters. The normalized spacial score (nSPS) is 11.5. The monoisotopic (exact) mass is 342 g/mol. The van der Waals surface area contributed by atoms with E-state index in [9.17, 15) is 4.79 Å². The molecule has 0 radical (unpaired) electrons. The van der Waals surface area contributed by atoms with E-state index in [2.05, 4.69) is 37.9 Å². The summed E-state index contributed by atoms with van der Waals surface area (Å²) in [4.78, 5) is 15.1. The van der Waals surface area contributed by atoms with Crippen LogP contribution in [0.15, 0.2) is 36.4 Å². The summed E-state index contributed by atoms with van der Waals surface area (Å²) in [5, 5.41) is 5.16. The lowest BCUT2D eigenvalue weighted by Gasteiger charge is -2.30. The minimum absolute atomic E-state index is 0.0818. The second kappa shape index (κ2) is 8.86. The summed E-state index contributed by atoms with van der Waals surface area (Å²) < 4.78 is 5.70. The first-order valence-corrected chi connectivity index (χ1v) is 9.13. The molecule has 136 valence electrons. The number of hydrogen-bond acceptors (Lipinski definition) is 3. The summed E-state index contributed by atoms with van der Waals surface area (Å²) in [5.74, 6) is 0.560. The molecule has 2 rings (SSSR count). The average Bonchev–Trinajstić information content (AvgIpc) is 2.57. The van der Waals surface area contributed by atoms with Gasteiger partial charge in [-0.3, -0.25) is 9.69 Å². The molecule has 25 heavy (non-hydrogen) atoms. The van der Waals surface area contributed by atoms with Gasteiger partial charge in [0.2, 0.25) is 0 Å². The molecule has 2 aromatic carbocycles. The number of carbonyl (C=O) groups excluding carboxylic acids is 1. The highest BCUT2D eigenvalue weighted by Gasteiger charge is 2.16. The van der Waals surface area contributed by atoms with Crippen LogP contribution in [0.4, 0.5) is 0 Å². The third-order valence-electron chi connectivity index (χ3n) is 4.37. The first-order chi connectivity index (χ1) is 11.9. The Balaban J connectivity index is 2.13. The van der Waals surface area contributed by atoms with Gasteiger partial charge in [-0.05, 0) is 57.5 Å². The van der Waals surface area contributed by atoms with Gasteiger partial charge >= 0.3 is 0 Å². The first kappa shape index (κ1) is 19.3. The zero-order chi connectivity index (χ0) is 18.4. The molecule has 0 aliphatic rings. The fourth-order valence-electron chi connectivity index (χ4n) is 3.18. The van der Waals surface area contributed by atoms with Gasteiger partial charge in [0.1, 0.15) is 5.75 Å². The molecule has 2 aromatic rings. The van der Waals surface area contributed by atoms with E-state index in [0.717, 1.165) is 17.3 Å². The molecule has 4 nitrogen and oxygen atoms in total. The number of rotatable bonds is 8. The molecule has 0 heterocycles. The fraction of sp³-hybridized carbons (Fsp3) is 0.476. The lowest BCUT2D eigenvalue weighted by Crippen LogP contribution is -2.42. The zero-order valence-electron chi connectivity index (χ0n) is 16.0. The molecule has 0 bridgehead atoms. The zero-order valence-corrected chi connectivity index (χ0v) is 16.0. The van der Waals surface area contributed by atoms with Crippen LogP contribution in [0.25, 0.3) is 10.8 Å². The van der Waals surface area contributed by atoms with Crippen LogP contribution >= 0.6 is 0 Å². The van der Waals surface area contributed by atoms with Gasteiger partial charge in [0.25, 0.3) is 5.91 Å². The van der Waals surface area contributed by atoms with Crippen LogP contribution < -0.4 is 10.1 Å². The molecule has 0 saturated heterocycles. The van der Waals surface area contributed by atoms with E-state index in [-0.39, 0.29) is 5.91 Å². The van der Waals surface area contributed by atoms with Crippen molar-refractivity contribution in [1.82, 2.24) is 10.2 Å². The maximum absolute atomic E-state index is 12.7. The number of hydrogen-bond donors (Lipinski definition) is 1. The van der Waals surface area contributed by atoms with Gasteiger partial charge in [0, 0.05) is 25.2 Å². The summed E-state index contributed by atoms with van der Waals surface area (Å²) in [6.45, 7) is 12.6. The van der Waals surface area contributed by atoms with Crippen molar-refractivity contribution in [2.45, 2.75) is 46.7 Å². The third kappa shape index (κ3) is 4.95. The van der Waals surface area contributed by atoms with Gasteiger partial charge in [0.15, 0.2) is 0 Å². The number of amides is 1. The van der Waals surface area contributed by atoms with Crippen LogP contribution in [0.2, 0.25) is 0 Å². The van der Waals surface area contributed by atoms with Crippen molar-refractivity contribution in [3.8, 4) is 5.75 Å². The second-order valence-electron chi connectivity index (χ2n) is 6.81. The molecule has 0 aliphatic heterocycles. The Labute approximate surface area is 151 Å². The molecule has 4 heteroatoms. The Morgan fingerprint density at radius 3 is 2.24 bits per heavy atom. The highest BCUT2D eigenvalue weighted by molar-refractivity contribution is 6.01. The molecule has 0 saturated carbocycles. The quantitative estimate of drug-likeness (QED) is 0.786. The van der Waals surface area contributed by atoms with Crippen LogP contribution in [-0.4, -0.2) is 42.6 Å². The Bertz CT molecular complexity index is 702. The van der Waals surface area contributed by atoms with E-state index in [1.165, 1.54) is 0 Å². The maximum atomic E-state index is 12.7. The Morgan fingerprint density at radius 1 is 1.08 bits per heavy atom. The minimum Gasteiger partial charge on any atom is -0.493 e. The standard InChI is InChI=1S/C21H30N2O2/c1-6-25-20-14-18-10-8-7-9-17(18)13-19(20)21(24)22-11-12-23(15(2)3)16(4)5/h7-10,13-16H,6,11-12H2,1-5H3,(H,22,24). The van der Waals surface area contributed by atoms with Crippen molar-refractivity contribution < 1.29 is 9.53 Å². The molecule has 0 aromatic heterocycles. The van der Waals surface area contributed by atoms with Crippen LogP contribution in [0.3, 0.4) is 0 Å². The summed E-state index contributed by atoms with van der Waals surface area (Å²) in [6.07, 6.45) is 0. The number of nitrogens with zero attached hydrogens (tertiary/aromatic N) is 1. The number of fused-ring (bicyclic) bond motifs is 1. The Hall–Kier alpha value is -2.07. The first-order valence-electron chi connectivity index (χ1n) is 9.13. The van der Waals surface area contributed by atoms with Gasteiger partial charge in [-0.2, -0.15) is 0 Å². The predicted octanol–water partition coefficient (Wildman–Crippen LogP) is 4.09. The van der Waals surface area contributed by atoms with Crippen molar-refractivity contribution in [3.05, 3.63) is 42.0 Å². The SMILES string of the molecule is CCOc1cc2ccccc2cc1C(=O)NCCN(C(C)C)C(C)C. The van der Waals surface area contributed by atoms with E-state index in [0.29, 0.717) is 36.5 Å². The molecule has 0 fully saturated rings. The van der Waals surface area contributed by atoms with E-state index in [4.69, 9.17) is 4.74 Å². The molecule has 1 N–H and O–H groups in total. The Morgan fingerprint density at radius 2 is 1.68 bits per heavy atom. The predicted molar refractivity (Wildman–Crippen MR) is 104 cm³/mol. The largest absolute Gasteiger partial charge is 0.493 e. The van der Waals surface area contributed by atoms with Gasteiger partial charge in [-0.25, -0.2) is 0 Å². The summed E-state index contributed by atoms with van der Waals surface area (Å²) in [7, 11) is 0. The topological polar surface area (TPSA) is 41.6 Å². The number of nitrogens with one attached hydrogen (secondary N) is 1. The average molecular weight is 342 g/mol. The van der Waals surface area contributed by atoms with Crippen LogP contribution in [-0.2, 0) is 0 Å². The van der Waals surface area contributed by atoms with E-state index in [1.54, 1.807) is 0 Å². The number of carbonyl (C=O) groups is 1. The second-order valence-corrected chi connectivity index (χ2v) is 6.81. The molecular formula is C21H30N2O2. The van der Waals surface area contributed by atoms with Crippen molar-refractivity contribution >= 4 is 16.7 Å². The number of ether oxygens (including phenoxy) is 1. The van der Waals surface area contributed by atoms with Crippen LogP contribution in [0.1, 0.15) is 45.0 Å². The Kier molecular flexibility index (Phi) is 6.82. The molecule has 0 spiro atoms. The number of benzene rings is 2. The highest BCUT2D eigenvalue weighted by atomic mass is 16.5. The molecule has 0 aliphatic carbocycles. The summed E-state index contributed by atoms with van der Waals surface area (Å²) in [5.41, 5.74) is 0.598. The lowest BCUT2D eigenvalue weighted by molar-refractivity contribution is 0.0936. The van der Waals surface area contributed by atoms with E-state index < -0.39 is 0 Å². The highest BCUT2D eigenvalue weighted by Crippen LogP contribution is 2.26. The van der Waals surface area contributed by atoms with Gasteiger partial charge in [-0.1, -0.05) is 24.3 Å². The summed E-state index contributed by atoms with van der Waals surface area (Å²) in [6, 6.07) is 12.8. The van der Waals surface area contributed by atoms with E-state index >= 15 is 0 Å². The van der Waals surface area contributed by atoms with Gasteiger partial charge in [-0.15, -0.1) is 0 Å². The minimum atomic E-state index is -0.0818. The van der Waals surface area contributed by atoms with Crippen LogP contribution in [0.5, 0.6) is 5.75 Å². The summed E-state index contributed by atoms with van der Waals surface area (Å²) >= 11 is 0. The fourth-order valence-corrected chi connectivity index (χ4v) is 3.18. The van der Waals surface area contributed by atoms with Crippen LogP contribution in [0, 0.1) is 0 Å². The lowest BCUT2D eigenvalue weighted by atomic mass is 10.1. The van der Waals surface area contributed by atoms with Crippen molar-refractivity contribution in [3.63, 3.8) is 0 Å². The third-order valence-corrected chi connectivity index (χ3v) is 4.37.